The normalized spacial score (nSPS) is 11.4. The van der Waals surface area contributed by atoms with Gasteiger partial charge in [0.15, 0.2) is 0 Å². The average molecular weight is 251 g/mol. The molecule has 0 saturated carbocycles. The maximum Gasteiger partial charge on any atom is 0.148 e. The third kappa shape index (κ3) is 2.29. The minimum Gasteiger partial charge on any atom is -0.494 e. The number of benzene rings is 1. The topological polar surface area (TPSA) is 22.1 Å². The molecule has 2 rings (SSSR count). The van der Waals surface area contributed by atoms with E-state index in [1.54, 1.807) is 19.3 Å². The fourth-order valence-electron chi connectivity index (χ4n) is 2.18. The van der Waals surface area contributed by atoms with Crippen LogP contribution in [0.4, 0.5) is 0 Å². The van der Waals surface area contributed by atoms with E-state index >= 15 is 0 Å². The van der Waals surface area contributed by atoms with E-state index in [2.05, 4.69) is 24.2 Å². The standard InChI is InChI=1S/C17H17NO/c1-5-9-13(6-2)16-17(19-4)12(3)14-10-7-8-11-15(14)18-16/h5-11H,1-2H2,3-4H3/b13-9+. The summed E-state index contributed by atoms with van der Waals surface area (Å²) in [5, 5.41) is 1.10. The van der Waals surface area contributed by atoms with Crippen LogP contribution in [0.3, 0.4) is 0 Å². The first-order valence-corrected chi connectivity index (χ1v) is 6.11. The van der Waals surface area contributed by atoms with Gasteiger partial charge in [0, 0.05) is 16.5 Å². The van der Waals surface area contributed by atoms with Crippen molar-refractivity contribution in [1.29, 1.82) is 0 Å². The number of fused-ring (bicyclic) bond motifs is 1. The Hall–Kier alpha value is -2.35. The molecule has 0 saturated heterocycles. The van der Waals surface area contributed by atoms with Crippen molar-refractivity contribution >= 4 is 16.5 Å². The lowest BCUT2D eigenvalue weighted by Crippen LogP contribution is -1.98. The van der Waals surface area contributed by atoms with Crippen LogP contribution in [0.1, 0.15) is 11.3 Å². The van der Waals surface area contributed by atoms with Crippen LogP contribution in [-0.2, 0) is 0 Å². The van der Waals surface area contributed by atoms with Crippen molar-refractivity contribution in [3.05, 3.63) is 66.9 Å². The van der Waals surface area contributed by atoms with Gasteiger partial charge in [-0.1, -0.05) is 49.6 Å². The Labute approximate surface area is 113 Å². The molecule has 96 valence electrons. The van der Waals surface area contributed by atoms with Crippen LogP contribution in [0.25, 0.3) is 16.5 Å². The molecule has 0 aliphatic rings. The fraction of sp³-hybridized carbons (Fsp3) is 0.118. The molecule has 0 N–H and O–H groups in total. The number of hydrogen-bond acceptors (Lipinski definition) is 2. The quantitative estimate of drug-likeness (QED) is 0.755. The molecule has 2 heteroatoms. The van der Waals surface area contributed by atoms with E-state index < -0.39 is 0 Å². The third-order valence-corrected chi connectivity index (χ3v) is 3.09. The van der Waals surface area contributed by atoms with Crippen LogP contribution >= 0.6 is 0 Å². The Balaban J connectivity index is 2.83. The molecular formula is C17H17NO. The van der Waals surface area contributed by atoms with Crippen molar-refractivity contribution in [2.24, 2.45) is 0 Å². The van der Waals surface area contributed by atoms with E-state index in [-0.39, 0.29) is 0 Å². The molecule has 0 unspecified atom stereocenters. The maximum absolute atomic E-state index is 5.53. The largest absolute Gasteiger partial charge is 0.494 e. The van der Waals surface area contributed by atoms with E-state index in [4.69, 9.17) is 4.74 Å². The summed E-state index contributed by atoms with van der Waals surface area (Å²) in [5.74, 6) is 0.784. The highest BCUT2D eigenvalue weighted by Crippen LogP contribution is 2.33. The molecule has 0 atom stereocenters. The Bertz CT molecular complexity index is 668. The second-order valence-electron chi connectivity index (χ2n) is 4.20. The highest BCUT2D eigenvalue weighted by Gasteiger charge is 2.14. The molecular weight excluding hydrogens is 234 g/mol. The minimum absolute atomic E-state index is 0.784. The fourth-order valence-corrected chi connectivity index (χ4v) is 2.18. The van der Waals surface area contributed by atoms with Crippen molar-refractivity contribution in [3.8, 4) is 5.75 Å². The number of ether oxygens (including phenoxy) is 1. The number of allylic oxidation sites excluding steroid dienone is 4. The number of pyridine rings is 1. The molecule has 0 aliphatic heterocycles. The summed E-state index contributed by atoms with van der Waals surface area (Å²) in [5.41, 5.74) is 3.74. The van der Waals surface area contributed by atoms with Crippen LogP contribution in [0, 0.1) is 6.92 Å². The Morgan fingerprint density at radius 2 is 2.00 bits per heavy atom. The highest BCUT2D eigenvalue weighted by molar-refractivity contribution is 5.89. The second-order valence-corrected chi connectivity index (χ2v) is 4.20. The van der Waals surface area contributed by atoms with E-state index in [0.717, 1.165) is 33.5 Å². The molecule has 0 spiro atoms. The highest BCUT2D eigenvalue weighted by atomic mass is 16.5. The Morgan fingerprint density at radius 3 is 2.63 bits per heavy atom. The van der Waals surface area contributed by atoms with Crippen molar-refractivity contribution in [3.63, 3.8) is 0 Å². The molecule has 19 heavy (non-hydrogen) atoms. The number of para-hydroxylation sites is 1. The molecule has 0 radical (unpaired) electrons. The van der Waals surface area contributed by atoms with Gasteiger partial charge in [-0.3, -0.25) is 0 Å². The number of rotatable bonds is 4. The summed E-state index contributed by atoms with van der Waals surface area (Å²) in [4.78, 5) is 4.68. The first kappa shape index (κ1) is 13.1. The summed E-state index contributed by atoms with van der Waals surface area (Å²) in [6, 6.07) is 8.04. The van der Waals surface area contributed by atoms with Gasteiger partial charge in [0.25, 0.3) is 0 Å². The lowest BCUT2D eigenvalue weighted by Gasteiger charge is -2.13. The number of nitrogens with zero attached hydrogens (tertiary/aromatic N) is 1. The van der Waals surface area contributed by atoms with E-state index in [0.29, 0.717) is 0 Å². The van der Waals surface area contributed by atoms with Gasteiger partial charge in [0.05, 0.1) is 12.6 Å². The van der Waals surface area contributed by atoms with Gasteiger partial charge >= 0.3 is 0 Å². The van der Waals surface area contributed by atoms with Crippen LogP contribution in [0.5, 0.6) is 5.75 Å². The van der Waals surface area contributed by atoms with Gasteiger partial charge in [-0.15, -0.1) is 0 Å². The van der Waals surface area contributed by atoms with Crippen LogP contribution in [0.2, 0.25) is 0 Å². The third-order valence-electron chi connectivity index (χ3n) is 3.09. The van der Waals surface area contributed by atoms with Crippen molar-refractivity contribution < 1.29 is 4.74 Å². The molecule has 0 bridgehead atoms. The zero-order chi connectivity index (χ0) is 13.8. The van der Waals surface area contributed by atoms with E-state index in [9.17, 15) is 0 Å². The first-order valence-electron chi connectivity index (χ1n) is 6.11. The van der Waals surface area contributed by atoms with Gasteiger partial charge in [0.1, 0.15) is 11.4 Å². The second kappa shape index (κ2) is 5.53. The van der Waals surface area contributed by atoms with E-state index in [1.165, 1.54) is 0 Å². The van der Waals surface area contributed by atoms with Gasteiger partial charge in [-0.05, 0) is 13.0 Å². The molecule has 0 fully saturated rings. The summed E-state index contributed by atoms with van der Waals surface area (Å²) >= 11 is 0. The summed E-state index contributed by atoms with van der Waals surface area (Å²) in [6.07, 6.45) is 5.37. The van der Waals surface area contributed by atoms with Gasteiger partial charge in [-0.25, -0.2) is 4.98 Å². The summed E-state index contributed by atoms with van der Waals surface area (Å²) in [7, 11) is 1.66. The van der Waals surface area contributed by atoms with Crippen LogP contribution < -0.4 is 4.74 Å². The number of methoxy groups -OCH3 is 1. The Kier molecular flexibility index (Phi) is 3.81. The van der Waals surface area contributed by atoms with Crippen LogP contribution in [0.15, 0.2) is 55.7 Å². The molecule has 1 heterocycles. The predicted octanol–water partition coefficient (Wildman–Crippen LogP) is 4.31. The number of aromatic nitrogens is 1. The zero-order valence-electron chi connectivity index (χ0n) is 11.3. The first-order chi connectivity index (χ1) is 9.22. The maximum atomic E-state index is 5.53. The van der Waals surface area contributed by atoms with Gasteiger partial charge in [0.2, 0.25) is 0 Å². The van der Waals surface area contributed by atoms with Crippen LogP contribution in [-0.4, -0.2) is 12.1 Å². The predicted molar refractivity (Wildman–Crippen MR) is 81.4 cm³/mol. The molecule has 1 aromatic carbocycles. The van der Waals surface area contributed by atoms with Crippen molar-refractivity contribution in [2.45, 2.75) is 6.92 Å². The zero-order valence-corrected chi connectivity index (χ0v) is 11.3. The minimum atomic E-state index is 0.784. The smallest absolute Gasteiger partial charge is 0.148 e. The number of aryl methyl sites for hydroxylation is 1. The lowest BCUT2D eigenvalue weighted by molar-refractivity contribution is 0.409. The van der Waals surface area contributed by atoms with Gasteiger partial charge < -0.3 is 4.74 Å². The monoisotopic (exact) mass is 251 g/mol. The average Bonchev–Trinajstić information content (AvgIpc) is 2.45. The number of hydrogen-bond donors (Lipinski definition) is 0. The van der Waals surface area contributed by atoms with Crippen molar-refractivity contribution in [2.75, 3.05) is 7.11 Å². The lowest BCUT2D eigenvalue weighted by atomic mass is 10.0. The molecule has 2 aromatic rings. The summed E-state index contributed by atoms with van der Waals surface area (Å²) in [6.45, 7) is 9.59. The summed E-state index contributed by atoms with van der Waals surface area (Å²) < 4.78 is 5.53. The van der Waals surface area contributed by atoms with Crippen molar-refractivity contribution in [1.82, 2.24) is 4.98 Å². The Morgan fingerprint density at radius 1 is 1.26 bits per heavy atom. The SMILES string of the molecule is C=C/C=C(\C=C)c1nc2ccccc2c(C)c1OC. The molecule has 0 amide bonds. The molecule has 1 aromatic heterocycles. The molecule has 0 aliphatic carbocycles. The van der Waals surface area contributed by atoms with Gasteiger partial charge in [-0.2, -0.15) is 0 Å². The molecule has 2 nitrogen and oxygen atoms in total. The van der Waals surface area contributed by atoms with E-state index in [1.807, 2.05) is 31.2 Å².